The molecule has 2 aliphatic carbocycles. The molecule has 3 rings (SSSR count). The highest BCUT2D eigenvalue weighted by Gasteiger charge is 2.27. The van der Waals surface area contributed by atoms with Gasteiger partial charge < -0.3 is 15.0 Å². The van der Waals surface area contributed by atoms with Crippen LogP contribution in [-0.4, -0.2) is 23.1 Å². The Hall–Kier alpha value is -0.870. The van der Waals surface area contributed by atoms with Crippen molar-refractivity contribution >= 4 is 0 Å². The van der Waals surface area contributed by atoms with E-state index in [4.69, 9.17) is 4.74 Å². The Kier molecular flexibility index (Phi) is 4.18. The van der Waals surface area contributed by atoms with Crippen molar-refractivity contribution in [2.24, 2.45) is 5.92 Å². The molecule has 106 valence electrons. The Labute approximate surface area is 115 Å². The van der Waals surface area contributed by atoms with E-state index in [-0.39, 0.29) is 6.10 Å². The predicted octanol–water partition coefficient (Wildman–Crippen LogP) is 2.93. The average Bonchev–Trinajstić information content (AvgIpc) is 3.17. The molecule has 1 unspecified atom stereocenters. The summed E-state index contributed by atoms with van der Waals surface area (Å²) in [6, 6.07) is 0.739. The first-order valence-electron chi connectivity index (χ1n) is 7.67. The van der Waals surface area contributed by atoms with Gasteiger partial charge in [-0.15, -0.1) is 0 Å². The number of hydrogen-bond donors (Lipinski definition) is 2. The van der Waals surface area contributed by atoms with Crippen LogP contribution < -0.4 is 5.32 Å². The van der Waals surface area contributed by atoms with Crippen LogP contribution in [0.3, 0.4) is 0 Å². The van der Waals surface area contributed by atoms with E-state index in [1.807, 2.05) is 13.3 Å². The highest BCUT2D eigenvalue weighted by molar-refractivity contribution is 5.05. The molecule has 0 radical (unpaired) electrons. The third-order valence-corrected chi connectivity index (χ3v) is 4.41. The van der Waals surface area contributed by atoms with Gasteiger partial charge in [0.2, 0.25) is 0 Å². The van der Waals surface area contributed by atoms with Crippen LogP contribution in [0.5, 0.6) is 0 Å². The molecule has 0 bridgehead atoms. The molecule has 1 aromatic heterocycles. The molecule has 4 nitrogen and oxygen atoms in total. The molecule has 1 atom stereocenters. The highest BCUT2D eigenvalue weighted by atomic mass is 16.5. The van der Waals surface area contributed by atoms with Crippen LogP contribution in [0.4, 0.5) is 0 Å². The Morgan fingerprint density at radius 1 is 1.32 bits per heavy atom. The molecular weight excluding hydrogens is 238 g/mol. The summed E-state index contributed by atoms with van der Waals surface area (Å²) in [5.41, 5.74) is 1.18. The normalized spacial score (nSPS) is 22.6. The quantitative estimate of drug-likeness (QED) is 0.829. The van der Waals surface area contributed by atoms with Crippen LogP contribution >= 0.6 is 0 Å². The number of aromatic nitrogens is 2. The van der Waals surface area contributed by atoms with Crippen molar-refractivity contribution in [3.05, 3.63) is 17.7 Å². The summed E-state index contributed by atoms with van der Waals surface area (Å²) in [4.78, 5) is 7.99. The fraction of sp³-hybridized carbons (Fsp3) is 0.800. The number of nitrogens with one attached hydrogen (secondary N) is 2. The van der Waals surface area contributed by atoms with Crippen LogP contribution in [0.25, 0.3) is 0 Å². The average molecular weight is 263 g/mol. The van der Waals surface area contributed by atoms with Crippen molar-refractivity contribution in [2.45, 2.75) is 63.6 Å². The van der Waals surface area contributed by atoms with Crippen LogP contribution in [-0.2, 0) is 11.3 Å². The van der Waals surface area contributed by atoms with Gasteiger partial charge in [-0.2, -0.15) is 0 Å². The van der Waals surface area contributed by atoms with E-state index in [1.165, 1.54) is 50.6 Å². The molecule has 0 aliphatic heterocycles. The standard InChI is InChI=1S/C15H25N3O/c1-19-14(11-5-3-2-4-6-11)15-17-10-13(18-15)9-16-12-7-8-12/h10-12,14,16H,2-9H2,1H3,(H,17,18). The van der Waals surface area contributed by atoms with E-state index in [0.29, 0.717) is 5.92 Å². The van der Waals surface area contributed by atoms with Gasteiger partial charge >= 0.3 is 0 Å². The van der Waals surface area contributed by atoms with Crippen molar-refractivity contribution in [3.8, 4) is 0 Å². The van der Waals surface area contributed by atoms with Crippen LogP contribution in [0.15, 0.2) is 6.20 Å². The first-order chi connectivity index (χ1) is 9.36. The monoisotopic (exact) mass is 263 g/mol. The van der Waals surface area contributed by atoms with Crippen molar-refractivity contribution < 1.29 is 4.74 Å². The maximum Gasteiger partial charge on any atom is 0.135 e. The van der Waals surface area contributed by atoms with Crippen molar-refractivity contribution in [1.82, 2.24) is 15.3 Å². The fourth-order valence-corrected chi connectivity index (χ4v) is 3.12. The topological polar surface area (TPSA) is 49.9 Å². The maximum atomic E-state index is 5.71. The van der Waals surface area contributed by atoms with Crippen molar-refractivity contribution in [1.29, 1.82) is 0 Å². The molecule has 1 heterocycles. The molecule has 0 aromatic carbocycles. The largest absolute Gasteiger partial charge is 0.373 e. The van der Waals surface area contributed by atoms with E-state index < -0.39 is 0 Å². The number of ether oxygens (including phenoxy) is 1. The smallest absolute Gasteiger partial charge is 0.135 e. The number of methoxy groups -OCH3 is 1. The van der Waals surface area contributed by atoms with E-state index >= 15 is 0 Å². The van der Waals surface area contributed by atoms with Gasteiger partial charge in [0.25, 0.3) is 0 Å². The minimum atomic E-state index is 0.148. The summed E-state index contributed by atoms with van der Waals surface area (Å²) in [6.45, 7) is 0.902. The summed E-state index contributed by atoms with van der Waals surface area (Å²) in [5, 5.41) is 3.51. The molecule has 2 saturated carbocycles. The Morgan fingerprint density at radius 2 is 2.11 bits per heavy atom. The number of rotatable bonds is 6. The molecule has 0 spiro atoms. The summed E-state index contributed by atoms with van der Waals surface area (Å²) in [5.74, 6) is 1.65. The number of aromatic amines is 1. The maximum absolute atomic E-state index is 5.71. The molecule has 1 aromatic rings. The molecule has 0 amide bonds. The Morgan fingerprint density at radius 3 is 2.79 bits per heavy atom. The van der Waals surface area contributed by atoms with Crippen LogP contribution in [0.1, 0.15) is 62.6 Å². The summed E-state index contributed by atoms with van der Waals surface area (Å²) < 4.78 is 5.71. The number of nitrogens with zero attached hydrogens (tertiary/aromatic N) is 1. The third kappa shape index (κ3) is 3.37. The van der Waals surface area contributed by atoms with E-state index in [1.54, 1.807) is 0 Å². The van der Waals surface area contributed by atoms with Crippen molar-refractivity contribution in [3.63, 3.8) is 0 Å². The lowest BCUT2D eigenvalue weighted by Gasteiger charge is -2.27. The van der Waals surface area contributed by atoms with Crippen LogP contribution in [0.2, 0.25) is 0 Å². The molecule has 19 heavy (non-hydrogen) atoms. The lowest BCUT2D eigenvalue weighted by Crippen LogP contribution is -2.19. The van der Waals surface area contributed by atoms with E-state index in [9.17, 15) is 0 Å². The van der Waals surface area contributed by atoms with Gasteiger partial charge in [-0.25, -0.2) is 4.98 Å². The lowest BCUT2D eigenvalue weighted by molar-refractivity contribution is 0.0294. The summed E-state index contributed by atoms with van der Waals surface area (Å²) >= 11 is 0. The predicted molar refractivity (Wildman–Crippen MR) is 74.8 cm³/mol. The molecule has 2 aliphatic rings. The van der Waals surface area contributed by atoms with Gasteiger partial charge in [0.1, 0.15) is 11.9 Å². The molecule has 4 heteroatoms. The summed E-state index contributed by atoms with van der Waals surface area (Å²) in [6.07, 6.45) is 11.3. The van der Waals surface area contributed by atoms with Gasteiger partial charge in [-0.05, 0) is 31.6 Å². The van der Waals surface area contributed by atoms with Gasteiger partial charge in [-0.3, -0.25) is 0 Å². The second-order valence-corrected chi connectivity index (χ2v) is 6.00. The third-order valence-electron chi connectivity index (χ3n) is 4.41. The van der Waals surface area contributed by atoms with E-state index in [0.717, 1.165) is 18.4 Å². The number of hydrogen-bond acceptors (Lipinski definition) is 3. The van der Waals surface area contributed by atoms with Crippen LogP contribution in [0, 0.1) is 5.92 Å². The zero-order valence-corrected chi connectivity index (χ0v) is 11.8. The zero-order valence-electron chi connectivity index (χ0n) is 11.8. The first kappa shape index (κ1) is 13.1. The van der Waals surface area contributed by atoms with Gasteiger partial charge in [0.15, 0.2) is 0 Å². The molecule has 0 saturated heterocycles. The molecule has 2 fully saturated rings. The van der Waals surface area contributed by atoms with Gasteiger partial charge in [0.05, 0.1) is 0 Å². The number of imidazole rings is 1. The first-order valence-corrected chi connectivity index (χ1v) is 7.67. The zero-order chi connectivity index (χ0) is 13.1. The number of H-pyrrole nitrogens is 1. The van der Waals surface area contributed by atoms with Gasteiger partial charge in [-0.1, -0.05) is 19.3 Å². The van der Waals surface area contributed by atoms with Gasteiger partial charge in [0, 0.05) is 31.6 Å². The molecular formula is C15H25N3O. The summed E-state index contributed by atoms with van der Waals surface area (Å²) in [7, 11) is 1.81. The Bertz CT molecular complexity index is 394. The SMILES string of the molecule is COC(c1ncc(CNC2CC2)[nH]1)C1CCCCC1. The minimum Gasteiger partial charge on any atom is -0.373 e. The fourth-order valence-electron chi connectivity index (χ4n) is 3.12. The molecule has 2 N–H and O–H groups in total. The van der Waals surface area contributed by atoms with Crippen molar-refractivity contribution in [2.75, 3.05) is 7.11 Å². The highest BCUT2D eigenvalue weighted by Crippen LogP contribution is 2.35. The lowest BCUT2D eigenvalue weighted by atomic mass is 9.85. The second kappa shape index (κ2) is 6.06. The van der Waals surface area contributed by atoms with E-state index in [2.05, 4.69) is 15.3 Å². The second-order valence-electron chi connectivity index (χ2n) is 6.00. The Balaban J connectivity index is 1.61. The minimum absolute atomic E-state index is 0.148.